The second-order valence-electron chi connectivity index (χ2n) is 4.85. The van der Waals surface area contributed by atoms with Gasteiger partial charge in [-0.2, -0.15) is 0 Å². The monoisotopic (exact) mass is 300 g/mol. The quantitative estimate of drug-likeness (QED) is 0.817. The lowest BCUT2D eigenvalue weighted by Crippen LogP contribution is -2.30. The van der Waals surface area contributed by atoms with Gasteiger partial charge in [-0.1, -0.05) is 35.9 Å². The fourth-order valence-electron chi connectivity index (χ4n) is 2.06. The van der Waals surface area contributed by atoms with Crippen LogP contribution in [-0.4, -0.2) is 18.8 Å². The lowest BCUT2D eigenvalue weighted by molar-refractivity contribution is 0.252. The zero-order chi connectivity index (χ0) is 15.1. The minimum absolute atomic E-state index is 0.166. The summed E-state index contributed by atoms with van der Waals surface area (Å²) in [6.45, 7) is 2.69. The van der Waals surface area contributed by atoms with Crippen LogP contribution in [0.5, 0.6) is 0 Å². The molecule has 110 valence electrons. The molecule has 0 aliphatic heterocycles. The Labute approximate surface area is 130 Å². The first-order valence-electron chi connectivity index (χ1n) is 6.92. The zero-order valence-electron chi connectivity index (χ0n) is 12.3. The number of nitrogens with one attached hydrogen (secondary N) is 2. The van der Waals surface area contributed by atoms with Gasteiger partial charge < -0.3 is 10.6 Å². The molecule has 0 radical (unpaired) electrons. The summed E-state index contributed by atoms with van der Waals surface area (Å²) in [7, 11) is 0. The first-order chi connectivity index (χ1) is 10.2. The highest BCUT2D eigenvalue weighted by molar-refractivity contribution is 7.98. The van der Waals surface area contributed by atoms with Gasteiger partial charge >= 0.3 is 6.03 Å². The van der Waals surface area contributed by atoms with Crippen molar-refractivity contribution >= 4 is 23.5 Å². The largest absolute Gasteiger partial charge is 0.338 e. The van der Waals surface area contributed by atoms with Gasteiger partial charge in [-0.15, -0.1) is 11.8 Å². The van der Waals surface area contributed by atoms with E-state index in [9.17, 15) is 4.79 Å². The highest BCUT2D eigenvalue weighted by Gasteiger charge is 2.02. The second kappa shape index (κ2) is 7.74. The Hall–Kier alpha value is -1.94. The molecule has 0 bridgehead atoms. The summed E-state index contributed by atoms with van der Waals surface area (Å²) in [6, 6.07) is 16.0. The fourth-order valence-corrected chi connectivity index (χ4v) is 2.52. The summed E-state index contributed by atoms with van der Waals surface area (Å²) in [5, 5.41) is 5.73. The molecule has 0 saturated heterocycles. The van der Waals surface area contributed by atoms with E-state index < -0.39 is 0 Å². The van der Waals surface area contributed by atoms with Gasteiger partial charge in [0, 0.05) is 17.1 Å². The smallest absolute Gasteiger partial charge is 0.319 e. The summed E-state index contributed by atoms with van der Waals surface area (Å²) in [5.41, 5.74) is 3.29. The average molecular weight is 300 g/mol. The van der Waals surface area contributed by atoms with Crippen molar-refractivity contribution in [3.05, 3.63) is 59.7 Å². The predicted molar refractivity (Wildman–Crippen MR) is 90.1 cm³/mol. The molecule has 21 heavy (non-hydrogen) atoms. The standard InChI is InChI=1S/C17H20N2OS/c1-13-5-3-6-14(11-13)9-10-18-17(20)19-15-7-4-8-16(12-15)21-2/h3-8,11-12H,9-10H2,1-2H3,(H2,18,19,20). The average Bonchev–Trinajstić information content (AvgIpc) is 2.47. The van der Waals surface area contributed by atoms with Crippen molar-refractivity contribution in [2.75, 3.05) is 18.1 Å². The van der Waals surface area contributed by atoms with Crippen molar-refractivity contribution in [1.82, 2.24) is 5.32 Å². The van der Waals surface area contributed by atoms with E-state index in [-0.39, 0.29) is 6.03 Å². The van der Waals surface area contributed by atoms with Gasteiger partial charge in [0.25, 0.3) is 0 Å². The summed E-state index contributed by atoms with van der Waals surface area (Å²) in [6.07, 6.45) is 2.85. The summed E-state index contributed by atoms with van der Waals surface area (Å²) in [4.78, 5) is 13.0. The van der Waals surface area contributed by atoms with Crippen LogP contribution in [0.4, 0.5) is 10.5 Å². The summed E-state index contributed by atoms with van der Waals surface area (Å²) >= 11 is 1.65. The molecule has 2 N–H and O–H groups in total. The van der Waals surface area contributed by atoms with E-state index in [0.29, 0.717) is 6.54 Å². The third-order valence-corrected chi connectivity index (χ3v) is 3.83. The van der Waals surface area contributed by atoms with E-state index in [0.717, 1.165) is 17.0 Å². The predicted octanol–water partition coefficient (Wildman–Crippen LogP) is 4.08. The molecule has 0 unspecified atom stereocenters. The Bertz CT molecular complexity index is 613. The van der Waals surface area contributed by atoms with Crippen molar-refractivity contribution in [2.24, 2.45) is 0 Å². The van der Waals surface area contributed by atoms with Crippen LogP contribution in [0.15, 0.2) is 53.4 Å². The topological polar surface area (TPSA) is 41.1 Å². The maximum Gasteiger partial charge on any atom is 0.319 e. The number of thioether (sulfide) groups is 1. The van der Waals surface area contributed by atoms with Crippen LogP contribution in [0, 0.1) is 6.92 Å². The van der Waals surface area contributed by atoms with E-state index in [1.165, 1.54) is 11.1 Å². The lowest BCUT2D eigenvalue weighted by atomic mass is 10.1. The van der Waals surface area contributed by atoms with Crippen LogP contribution >= 0.6 is 11.8 Å². The van der Waals surface area contributed by atoms with E-state index >= 15 is 0 Å². The Morgan fingerprint density at radius 1 is 1.14 bits per heavy atom. The van der Waals surface area contributed by atoms with E-state index in [1.54, 1.807) is 11.8 Å². The number of hydrogen-bond donors (Lipinski definition) is 2. The molecule has 3 nitrogen and oxygen atoms in total. The molecule has 2 aromatic carbocycles. The van der Waals surface area contributed by atoms with Crippen LogP contribution < -0.4 is 10.6 Å². The molecule has 4 heteroatoms. The van der Waals surface area contributed by atoms with Gasteiger partial charge in [-0.05, 0) is 43.4 Å². The van der Waals surface area contributed by atoms with Crippen LogP contribution in [0.25, 0.3) is 0 Å². The van der Waals surface area contributed by atoms with Crippen LogP contribution in [0.2, 0.25) is 0 Å². The second-order valence-corrected chi connectivity index (χ2v) is 5.73. The zero-order valence-corrected chi connectivity index (χ0v) is 13.2. The molecule has 2 rings (SSSR count). The van der Waals surface area contributed by atoms with Crippen molar-refractivity contribution in [3.63, 3.8) is 0 Å². The lowest BCUT2D eigenvalue weighted by Gasteiger charge is -2.09. The molecule has 0 saturated carbocycles. The normalized spacial score (nSPS) is 10.2. The summed E-state index contributed by atoms with van der Waals surface area (Å²) < 4.78 is 0. The first-order valence-corrected chi connectivity index (χ1v) is 8.14. The number of carbonyl (C=O) groups excluding carboxylic acids is 1. The highest BCUT2D eigenvalue weighted by Crippen LogP contribution is 2.18. The van der Waals surface area contributed by atoms with Crippen molar-refractivity contribution < 1.29 is 4.79 Å². The number of anilines is 1. The van der Waals surface area contributed by atoms with Gasteiger partial charge in [0.15, 0.2) is 0 Å². The van der Waals surface area contributed by atoms with Gasteiger partial charge in [-0.25, -0.2) is 4.79 Å². The van der Waals surface area contributed by atoms with Crippen molar-refractivity contribution in [3.8, 4) is 0 Å². The Balaban J connectivity index is 1.79. The number of carbonyl (C=O) groups is 1. The minimum Gasteiger partial charge on any atom is -0.338 e. The molecule has 0 aromatic heterocycles. The number of hydrogen-bond acceptors (Lipinski definition) is 2. The third-order valence-electron chi connectivity index (χ3n) is 3.11. The van der Waals surface area contributed by atoms with Crippen LogP contribution in [-0.2, 0) is 6.42 Å². The van der Waals surface area contributed by atoms with Gasteiger partial charge in [0.1, 0.15) is 0 Å². The minimum atomic E-state index is -0.166. The molecular formula is C17H20N2OS. The Morgan fingerprint density at radius 3 is 2.71 bits per heavy atom. The number of urea groups is 1. The maximum absolute atomic E-state index is 11.8. The van der Waals surface area contributed by atoms with Crippen LogP contribution in [0.3, 0.4) is 0 Å². The molecule has 2 aromatic rings. The maximum atomic E-state index is 11.8. The van der Waals surface area contributed by atoms with E-state index in [2.05, 4.69) is 35.8 Å². The van der Waals surface area contributed by atoms with Gasteiger partial charge in [0.05, 0.1) is 0 Å². The third kappa shape index (κ3) is 5.16. The molecule has 0 fully saturated rings. The van der Waals surface area contributed by atoms with Crippen molar-refractivity contribution in [1.29, 1.82) is 0 Å². The van der Waals surface area contributed by atoms with Crippen molar-refractivity contribution in [2.45, 2.75) is 18.2 Å². The molecule has 0 spiro atoms. The molecule has 2 amide bonds. The van der Waals surface area contributed by atoms with E-state index in [4.69, 9.17) is 0 Å². The highest BCUT2D eigenvalue weighted by atomic mass is 32.2. The first kappa shape index (κ1) is 15.4. The van der Waals surface area contributed by atoms with Gasteiger partial charge in [-0.3, -0.25) is 0 Å². The molecule has 0 aliphatic rings. The SMILES string of the molecule is CSc1cccc(NC(=O)NCCc2cccc(C)c2)c1. The number of rotatable bonds is 5. The molecule has 0 atom stereocenters. The number of aryl methyl sites for hydroxylation is 1. The number of benzene rings is 2. The van der Waals surface area contributed by atoms with Crippen LogP contribution in [0.1, 0.15) is 11.1 Å². The van der Waals surface area contributed by atoms with Gasteiger partial charge in [0.2, 0.25) is 0 Å². The summed E-state index contributed by atoms with van der Waals surface area (Å²) in [5.74, 6) is 0. The number of amides is 2. The molecular weight excluding hydrogens is 280 g/mol. The Morgan fingerprint density at radius 2 is 1.95 bits per heavy atom. The molecule has 0 heterocycles. The van der Waals surface area contributed by atoms with E-state index in [1.807, 2.05) is 36.6 Å². The Kier molecular flexibility index (Phi) is 5.69. The fraction of sp³-hybridized carbons (Fsp3) is 0.235. The molecule has 0 aliphatic carbocycles.